The molecular formula is C6H9N3O3. The Balaban J connectivity index is 3.08. The summed E-state index contributed by atoms with van der Waals surface area (Å²) in [7, 11) is 0. The van der Waals surface area contributed by atoms with Crippen molar-refractivity contribution in [1.29, 1.82) is 0 Å². The second-order valence-electron chi connectivity index (χ2n) is 2.42. The molecule has 0 aliphatic carbocycles. The number of aromatic nitrogens is 2. The van der Waals surface area contributed by atoms with Gasteiger partial charge in [-0.15, -0.1) is 9.94 Å². The summed E-state index contributed by atoms with van der Waals surface area (Å²) in [6.07, 6.45) is 1.35. The molecule has 0 spiro atoms. The van der Waals surface area contributed by atoms with E-state index in [9.17, 15) is 4.79 Å². The van der Waals surface area contributed by atoms with Crippen LogP contribution >= 0.6 is 0 Å². The van der Waals surface area contributed by atoms with E-state index in [0.717, 1.165) is 0 Å². The van der Waals surface area contributed by atoms with Crippen LogP contribution in [0.25, 0.3) is 0 Å². The number of carboxylic acids is 1. The third-order valence-electron chi connectivity index (χ3n) is 1.54. The van der Waals surface area contributed by atoms with Crippen molar-refractivity contribution in [2.75, 3.05) is 0 Å². The number of carboxylic acid groups (broad SMARTS) is 1. The quantitative estimate of drug-likeness (QED) is 0.521. The normalized spacial score (nSPS) is 12.8. The average Bonchev–Trinajstić information content (AvgIpc) is 2.30. The number of nitrogens with two attached hydrogens (primary N) is 1. The Morgan fingerprint density at radius 1 is 1.83 bits per heavy atom. The molecule has 66 valence electrons. The molecule has 1 aromatic rings. The van der Waals surface area contributed by atoms with Crippen LogP contribution in [0.2, 0.25) is 0 Å². The number of hydrogen-bond donors (Lipinski definition) is 3. The van der Waals surface area contributed by atoms with E-state index in [-0.39, 0.29) is 5.69 Å². The van der Waals surface area contributed by atoms with Crippen molar-refractivity contribution in [3.8, 4) is 0 Å². The fraction of sp³-hybridized carbons (Fsp3) is 0.333. The third-order valence-corrected chi connectivity index (χ3v) is 1.54. The topological polar surface area (TPSA) is 101 Å². The maximum atomic E-state index is 10.4. The molecule has 0 fully saturated rings. The second-order valence-corrected chi connectivity index (χ2v) is 2.42. The first-order valence-electron chi connectivity index (χ1n) is 3.26. The minimum atomic E-state index is -1.24. The third kappa shape index (κ3) is 1.24. The first-order valence-corrected chi connectivity index (χ1v) is 3.26. The van der Waals surface area contributed by atoms with Crippen molar-refractivity contribution in [3.63, 3.8) is 0 Å². The molecule has 0 saturated carbocycles. The molecule has 0 amide bonds. The van der Waals surface area contributed by atoms with Gasteiger partial charge in [0.05, 0.1) is 6.20 Å². The van der Waals surface area contributed by atoms with Gasteiger partial charge in [0.2, 0.25) is 0 Å². The van der Waals surface area contributed by atoms with E-state index in [1.54, 1.807) is 6.92 Å². The van der Waals surface area contributed by atoms with Gasteiger partial charge in [-0.2, -0.15) is 0 Å². The minimum Gasteiger partial charge on any atom is -0.480 e. The zero-order valence-corrected chi connectivity index (χ0v) is 6.43. The van der Waals surface area contributed by atoms with Crippen LogP contribution in [-0.4, -0.2) is 26.2 Å². The number of nitrogens with zero attached hydrogens (tertiary/aromatic N) is 2. The highest BCUT2D eigenvalue weighted by atomic mass is 16.5. The largest absolute Gasteiger partial charge is 0.480 e. The van der Waals surface area contributed by atoms with E-state index in [2.05, 4.69) is 5.10 Å². The van der Waals surface area contributed by atoms with Gasteiger partial charge in [-0.25, -0.2) is 0 Å². The zero-order valence-electron chi connectivity index (χ0n) is 6.43. The van der Waals surface area contributed by atoms with E-state index in [1.165, 1.54) is 6.20 Å². The molecule has 0 unspecified atom stereocenters. The van der Waals surface area contributed by atoms with Gasteiger partial charge < -0.3 is 16.0 Å². The Hall–Kier alpha value is -1.56. The van der Waals surface area contributed by atoms with Gasteiger partial charge in [-0.1, -0.05) is 0 Å². The van der Waals surface area contributed by atoms with Crippen LogP contribution in [0.4, 0.5) is 0 Å². The van der Waals surface area contributed by atoms with Crippen molar-refractivity contribution >= 4 is 5.97 Å². The lowest BCUT2D eigenvalue weighted by molar-refractivity contribution is -0.139. The van der Waals surface area contributed by atoms with Crippen LogP contribution in [0, 0.1) is 6.92 Å². The zero-order chi connectivity index (χ0) is 9.30. The molecule has 0 aliphatic rings. The van der Waals surface area contributed by atoms with Crippen LogP contribution in [-0.2, 0) is 4.79 Å². The highest BCUT2D eigenvalue weighted by molar-refractivity contribution is 5.74. The molecule has 0 saturated heterocycles. The van der Waals surface area contributed by atoms with Crippen molar-refractivity contribution in [2.24, 2.45) is 5.73 Å². The standard InChI is InChI=1S/C6H9N3O3/c1-3-2-8-9(12)5(3)4(7)6(10)11/h2,4,12H,7H2,1H3,(H,10,11)/t4-/m1/s1. The Kier molecular flexibility index (Phi) is 2.01. The van der Waals surface area contributed by atoms with Crippen molar-refractivity contribution in [2.45, 2.75) is 13.0 Å². The molecule has 1 heterocycles. The van der Waals surface area contributed by atoms with Crippen molar-refractivity contribution in [3.05, 3.63) is 17.5 Å². The Morgan fingerprint density at radius 2 is 2.42 bits per heavy atom. The first-order chi connectivity index (χ1) is 5.54. The van der Waals surface area contributed by atoms with Gasteiger partial charge >= 0.3 is 5.97 Å². The summed E-state index contributed by atoms with van der Waals surface area (Å²) in [6.45, 7) is 1.62. The van der Waals surface area contributed by atoms with Crippen LogP contribution in [0.5, 0.6) is 0 Å². The summed E-state index contributed by atoms with van der Waals surface area (Å²) in [4.78, 5) is 10.9. The number of aryl methyl sites for hydroxylation is 1. The lowest BCUT2D eigenvalue weighted by Gasteiger charge is -2.05. The molecular weight excluding hydrogens is 162 g/mol. The molecule has 0 aromatic carbocycles. The maximum Gasteiger partial charge on any atom is 0.326 e. The van der Waals surface area contributed by atoms with E-state index in [0.29, 0.717) is 10.4 Å². The van der Waals surface area contributed by atoms with Gasteiger partial charge in [0.25, 0.3) is 0 Å². The smallest absolute Gasteiger partial charge is 0.326 e. The van der Waals surface area contributed by atoms with E-state index >= 15 is 0 Å². The summed E-state index contributed by atoms with van der Waals surface area (Å²) >= 11 is 0. The molecule has 0 radical (unpaired) electrons. The highest BCUT2D eigenvalue weighted by Crippen LogP contribution is 2.13. The predicted octanol–water partition coefficient (Wildman–Crippen LogP) is -0.487. The van der Waals surface area contributed by atoms with Crippen LogP contribution in [0.3, 0.4) is 0 Å². The number of carbonyl (C=O) groups is 1. The number of rotatable bonds is 2. The van der Waals surface area contributed by atoms with Crippen LogP contribution in [0.15, 0.2) is 6.20 Å². The molecule has 6 heteroatoms. The SMILES string of the molecule is Cc1cnn(O)c1[C@@H](N)C(=O)O. The lowest BCUT2D eigenvalue weighted by Crippen LogP contribution is -2.24. The van der Waals surface area contributed by atoms with E-state index < -0.39 is 12.0 Å². The molecule has 12 heavy (non-hydrogen) atoms. The Bertz CT molecular complexity index is 287. The molecule has 0 aliphatic heterocycles. The minimum absolute atomic E-state index is 0.0995. The molecule has 4 N–H and O–H groups in total. The molecule has 0 bridgehead atoms. The van der Waals surface area contributed by atoms with Crippen molar-refractivity contribution < 1.29 is 15.1 Å². The number of aliphatic carboxylic acids is 1. The van der Waals surface area contributed by atoms with Gasteiger partial charge in [0.1, 0.15) is 11.7 Å². The first kappa shape index (κ1) is 8.54. The van der Waals surface area contributed by atoms with Crippen molar-refractivity contribution in [1.82, 2.24) is 9.94 Å². The van der Waals surface area contributed by atoms with Crippen LogP contribution < -0.4 is 5.73 Å². The fourth-order valence-corrected chi connectivity index (χ4v) is 0.914. The predicted molar refractivity (Wildman–Crippen MR) is 38.7 cm³/mol. The highest BCUT2D eigenvalue weighted by Gasteiger charge is 2.21. The Labute approximate surface area is 68.2 Å². The van der Waals surface area contributed by atoms with Gasteiger partial charge in [0.15, 0.2) is 0 Å². The molecule has 6 nitrogen and oxygen atoms in total. The van der Waals surface area contributed by atoms with Crippen LogP contribution in [0.1, 0.15) is 17.3 Å². The lowest BCUT2D eigenvalue weighted by atomic mass is 10.1. The van der Waals surface area contributed by atoms with Gasteiger partial charge in [0, 0.05) is 0 Å². The maximum absolute atomic E-state index is 10.4. The number of hydrogen-bond acceptors (Lipinski definition) is 4. The summed E-state index contributed by atoms with van der Waals surface area (Å²) in [5.41, 5.74) is 5.91. The summed E-state index contributed by atoms with van der Waals surface area (Å²) in [5, 5.41) is 21.0. The summed E-state index contributed by atoms with van der Waals surface area (Å²) in [5.74, 6) is -1.20. The second kappa shape index (κ2) is 2.82. The molecule has 1 atom stereocenters. The Morgan fingerprint density at radius 3 is 2.75 bits per heavy atom. The fourth-order valence-electron chi connectivity index (χ4n) is 0.914. The monoisotopic (exact) mass is 171 g/mol. The molecule has 1 aromatic heterocycles. The summed E-state index contributed by atoms with van der Waals surface area (Å²) < 4.78 is 0. The molecule has 1 rings (SSSR count). The van der Waals surface area contributed by atoms with Gasteiger partial charge in [-0.3, -0.25) is 4.79 Å². The van der Waals surface area contributed by atoms with E-state index in [4.69, 9.17) is 16.0 Å². The van der Waals surface area contributed by atoms with Gasteiger partial charge in [-0.05, 0) is 12.5 Å². The average molecular weight is 171 g/mol. The summed E-state index contributed by atoms with van der Waals surface area (Å²) in [6, 6.07) is -1.24. The van der Waals surface area contributed by atoms with E-state index in [1.807, 2.05) is 0 Å².